The van der Waals surface area contributed by atoms with E-state index in [9.17, 15) is 16.8 Å². The Labute approximate surface area is 75.9 Å². The summed E-state index contributed by atoms with van der Waals surface area (Å²) in [5, 5.41) is 0. The molecule has 0 aliphatic rings. The van der Waals surface area contributed by atoms with Crippen molar-refractivity contribution in [1.29, 1.82) is 0 Å². The standard InChI is InChI=1S/C3H8O6S3/c1-3-12(6,7)9-10-8-11(2,4)5/h3H2,1-2H3. The highest BCUT2D eigenvalue weighted by Crippen LogP contribution is 2.12. The van der Waals surface area contributed by atoms with Crippen molar-refractivity contribution in [3.05, 3.63) is 0 Å². The normalized spacial score (nSPS) is 13.2. The Morgan fingerprint density at radius 1 is 1.17 bits per heavy atom. The topological polar surface area (TPSA) is 86.7 Å². The Kier molecular flexibility index (Phi) is 4.48. The zero-order valence-electron chi connectivity index (χ0n) is 6.38. The number of rotatable bonds is 5. The number of hydrogen-bond acceptors (Lipinski definition) is 7. The van der Waals surface area contributed by atoms with E-state index < -0.39 is 20.2 Å². The molecule has 0 aromatic heterocycles. The summed E-state index contributed by atoms with van der Waals surface area (Å²) >= 11 is -0.0842. The maximum atomic E-state index is 10.6. The van der Waals surface area contributed by atoms with Gasteiger partial charge in [0, 0.05) is 0 Å². The molecule has 0 N–H and O–H groups in total. The molecule has 0 aromatic carbocycles. The first-order chi connectivity index (χ1) is 5.27. The Morgan fingerprint density at radius 2 is 1.67 bits per heavy atom. The van der Waals surface area contributed by atoms with Crippen LogP contribution in [0.2, 0.25) is 0 Å². The summed E-state index contributed by atoms with van der Waals surface area (Å²) < 4.78 is 49.7. The van der Waals surface area contributed by atoms with Gasteiger partial charge in [0.05, 0.1) is 12.0 Å². The van der Waals surface area contributed by atoms with Crippen molar-refractivity contribution in [3.8, 4) is 0 Å². The molecular formula is C3H8O6S3. The summed E-state index contributed by atoms with van der Waals surface area (Å²) in [5.74, 6) is -0.243. The largest absolute Gasteiger partial charge is 0.279 e. The van der Waals surface area contributed by atoms with Gasteiger partial charge in [0.15, 0.2) is 12.3 Å². The van der Waals surface area contributed by atoms with Gasteiger partial charge in [0.2, 0.25) is 0 Å². The van der Waals surface area contributed by atoms with Crippen molar-refractivity contribution in [1.82, 2.24) is 0 Å². The van der Waals surface area contributed by atoms with Gasteiger partial charge in [-0.05, 0) is 6.92 Å². The molecule has 0 atom stereocenters. The zero-order chi connectivity index (χ0) is 9.83. The third-order valence-corrected chi connectivity index (χ3v) is 3.61. The predicted octanol–water partition coefficient (Wildman–Crippen LogP) is -0.108. The summed E-state index contributed by atoms with van der Waals surface area (Å²) in [4.78, 5) is 0. The SMILES string of the molecule is CCS(=O)(=O)OSOS(C)(=O)=O. The molecule has 0 bridgehead atoms. The Morgan fingerprint density at radius 3 is 2.00 bits per heavy atom. The van der Waals surface area contributed by atoms with Crippen LogP contribution in [0.4, 0.5) is 0 Å². The lowest BCUT2D eigenvalue weighted by atomic mass is 11.0. The molecule has 9 heteroatoms. The van der Waals surface area contributed by atoms with Gasteiger partial charge in [0.25, 0.3) is 20.2 Å². The van der Waals surface area contributed by atoms with E-state index in [2.05, 4.69) is 7.26 Å². The molecular weight excluding hydrogens is 228 g/mol. The lowest BCUT2D eigenvalue weighted by Crippen LogP contribution is -2.05. The van der Waals surface area contributed by atoms with Crippen LogP contribution in [0, 0.1) is 0 Å². The van der Waals surface area contributed by atoms with Gasteiger partial charge in [-0.2, -0.15) is 24.1 Å². The van der Waals surface area contributed by atoms with Gasteiger partial charge < -0.3 is 0 Å². The van der Waals surface area contributed by atoms with Crippen LogP contribution in [-0.4, -0.2) is 28.8 Å². The van der Waals surface area contributed by atoms with Crippen LogP contribution in [0.5, 0.6) is 0 Å². The Balaban J connectivity index is 3.89. The first-order valence-electron chi connectivity index (χ1n) is 2.74. The van der Waals surface area contributed by atoms with Crippen LogP contribution in [0.25, 0.3) is 0 Å². The minimum Gasteiger partial charge on any atom is -0.199 e. The first-order valence-corrected chi connectivity index (χ1v) is 6.80. The summed E-state index contributed by atoms with van der Waals surface area (Å²) in [7, 11) is -7.35. The minimum atomic E-state index is -3.68. The van der Waals surface area contributed by atoms with Crippen molar-refractivity contribution < 1.29 is 24.1 Å². The average Bonchev–Trinajstić information content (AvgIpc) is 1.84. The molecule has 0 amide bonds. The van der Waals surface area contributed by atoms with Gasteiger partial charge >= 0.3 is 0 Å². The third kappa shape index (κ3) is 6.85. The summed E-state index contributed by atoms with van der Waals surface area (Å²) in [6.45, 7) is 1.36. The second-order valence-electron chi connectivity index (χ2n) is 1.75. The van der Waals surface area contributed by atoms with Crippen molar-refractivity contribution in [2.24, 2.45) is 0 Å². The third-order valence-electron chi connectivity index (χ3n) is 0.636. The molecule has 0 unspecified atom stereocenters. The van der Waals surface area contributed by atoms with Gasteiger partial charge in [-0.15, -0.1) is 0 Å². The van der Waals surface area contributed by atoms with Crippen LogP contribution < -0.4 is 0 Å². The van der Waals surface area contributed by atoms with Crippen molar-refractivity contribution in [3.63, 3.8) is 0 Å². The fourth-order valence-corrected chi connectivity index (χ4v) is 1.57. The van der Waals surface area contributed by atoms with Crippen molar-refractivity contribution in [2.75, 3.05) is 12.0 Å². The lowest BCUT2D eigenvalue weighted by Gasteiger charge is -1.98. The quantitative estimate of drug-likeness (QED) is 0.615. The molecule has 0 aliphatic carbocycles. The van der Waals surface area contributed by atoms with E-state index in [1.807, 2.05) is 0 Å². The fraction of sp³-hybridized carbons (Fsp3) is 1.00. The van der Waals surface area contributed by atoms with Crippen LogP contribution in [0.15, 0.2) is 0 Å². The lowest BCUT2D eigenvalue weighted by molar-refractivity contribution is 0.481. The Hall–Kier alpha value is 0.170. The fourth-order valence-electron chi connectivity index (χ4n) is 0.152. The van der Waals surface area contributed by atoms with Crippen molar-refractivity contribution >= 4 is 32.6 Å². The molecule has 0 aromatic rings. The Bertz CT molecular complexity index is 312. The van der Waals surface area contributed by atoms with Gasteiger partial charge in [-0.1, -0.05) is 0 Å². The molecule has 0 heterocycles. The van der Waals surface area contributed by atoms with E-state index >= 15 is 0 Å². The highest BCUT2D eigenvalue weighted by atomic mass is 32.3. The van der Waals surface area contributed by atoms with Crippen LogP contribution in [-0.2, 0) is 27.5 Å². The van der Waals surface area contributed by atoms with Crippen molar-refractivity contribution in [2.45, 2.75) is 6.92 Å². The van der Waals surface area contributed by atoms with Crippen LogP contribution in [0.3, 0.4) is 0 Å². The minimum absolute atomic E-state index is 0.0842. The maximum absolute atomic E-state index is 10.6. The molecule has 0 saturated carbocycles. The first kappa shape index (κ1) is 12.2. The smallest absolute Gasteiger partial charge is 0.199 e. The molecule has 12 heavy (non-hydrogen) atoms. The van der Waals surface area contributed by atoms with Crippen LogP contribution >= 0.6 is 12.3 Å². The maximum Gasteiger partial charge on any atom is 0.279 e. The predicted molar refractivity (Wildman–Crippen MR) is 44.1 cm³/mol. The summed E-state index contributed by atoms with van der Waals surface area (Å²) in [6.07, 6.45) is 0.780. The van der Waals surface area contributed by atoms with E-state index in [0.717, 1.165) is 6.26 Å². The van der Waals surface area contributed by atoms with Gasteiger partial charge in [0.1, 0.15) is 0 Å². The van der Waals surface area contributed by atoms with E-state index in [4.69, 9.17) is 0 Å². The van der Waals surface area contributed by atoms with E-state index in [1.54, 1.807) is 0 Å². The molecule has 6 nitrogen and oxygen atoms in total. The molecule has 0 aliphatic heterocycles. The average molecular weight is 236 g/mol. The highest BCUT2D eigenvalue weighted by Gasteiger charge is 2.11. The van der Waals surface area contributed by atoms with Gasteiger partial charge in [-0.25, -0.2) is 0 Å². The summed E-state index contributed by atoms with van der Waals surface area (Å²) in [5.41, 5.74) is 0. The highest BCUT2D eigenvalue weighted by molar-refractivity contribution is 8.06. The van der Waals surface area contributed by atoms with E-state index in [-0.39, 0.29) is 18.1 Å². The molecule has 0 radical (unpaired) electrons. The van der Waals surface area contributed by atoms with Crippen LogP contribution in [0.1, 0.15) is 6.92 Å². The monoisotopic (exact) mass is 236 g/mol. The molecule has 74 valence electrons. The molecule has 0 saturated heterocycles. The summed E-state index contributed by atoms with van der Waals surface area (Å²) in [6, 6.07) is 0. The second kappa shape index (κ2) is 4.42. The van der Waals surface area contributed by atoms with E-state index in [0.29, 0.717) is 0 Å². The number of hydrogen-bond donors (Lipinski definition) is 0. The van der Waals surface area contributed by atoms with E-state index in [1.165, 1.54) is 6.92 Å². The molecule has 0 rings (SSSR count). The molecule has 0 spiro atoms. The van der Waals surface area contributed by atoms with Gasteiger partial charge in [-0.3, -0.25) is 0 Å². The molecule has 0 fully saturated rings. The zero-order valence-corrected chi connectivity index (χ0v) is 8.83. The second-order valence-corrected chi connectivity index (χ2v) is 6.08.